The van der Waals surface area contributed by atoms with E-state index in [0.717, 1.165) is 17.6 Å². The van der Waals surface area contributed by atoms with Crippen molar-refractivity contribution in [3.8, 4) is 0 Å². The number of carbonyl (C=O) groups is 1. The zero-order valence-corrected chi connectivity index (χ0v) is 15.7. The molecule has 0 spiro atoms. The predicted octanol–water partition coefficient (Wildman–Crippen LogP) is 5.04. The molecule has 118 valence electrons. The van der Waals surface area contributed by atoms with Crippen molar-refractivity contribution < 1.29 is 9.22 Å². The highest BCUT2D eigenvalue weighted by Crippen LogP contribution is 2.40. The van der Waals surface area contributed by atoms with Crippen LogP contribution in [-0.4, -0.2) is 19.7 Å². The molecule has 0 aromatic carbocycles. The van der Waals surface area contributed by atoms with Gasteiger partial charge in [-0.1, -0.05) is 38.7 Å². The Balaban J connectivity index is 3.13. The Morgan fingerprint density at radius 3 is 2.38 bits per heavy atom. The summed E-state index contributed by atoms with van der Waals surface area (Å²) in [6.07, 6.45) is 7.53. The van der Waals surface area contributed by atoms with Crippen molar-refractivity contribution in [2.75, 3.05) is 0 Å². The van der Waals surface area contributed by atoms with Crippen LogP contribution in [0.5, 0.6) is 0 Å². The Morgan fingerprint density at radius 2 is 1.90 bits per heavy atom. The Kier molecular flexibility index (Phi) is 5.22. The maximum Gasteiger partial charge on any atom is 0.185 e. The minimum atomic E-state index is -1.67. The molecule has 3 heteroatoms. The van der Waals surface area contributed by atoms with Gasteiger partial charge < -0.3 is 4.43 Å². The van der Waals surface area contributed by atoms with Crippen molar-refractivity contribution in [3.63, 3.8) is 0 Å². The number of rotatable bonds is 5. The average molecular weight is 307 g/mol. The molecule has 0 aliphatic heterocycles. The van der Waals surface area contributed by atoms with Gasteiger partial charge in [-0.3, -0.25) is 4.79 Å². The van der Waals surface area contributed by atoms with Crippen molar-refractivity contribution in [2.45, 2.75) is 65.8 Å². The molecule has 21 heavy (non-hydrogen) atoms. The van der Waals surface area contributed by atoms with E-state index in [1.165, 1.54) is 0 Å². The number of carbonyl (C=O) groups excluding carboxylic acids is 1. The van der Waals surface area contributed by atoms with Crippen LogP contribution in [0.25, 0.3) is 0 Å². The van der Waals surface area contributed by atoms with Gasteiger partial charge in [0.2, 0.25) is 0 Å². The van der Waals surface area contributed by atoms with E-state index in [1.54, 1.807) is 0 Å². The summed E-state index contributed by atoms with van der Waals surface area (Å²) >= 11 is 0. The fourth-order valence-corrected chi connectivity index (χ4v) is 4.28. The summed E-state index contributed by atoms with van der Waals surface area (Å²) in [5.74, 6) is 0.264. The average Bonchev–Trinajstić information content (AvgIpc) is 2.32. The molecule has 0 fully saturated rings. The van der Waals surface area contributed by atoms with Crippen LogP contribution in [0, 0.1) is 5.41 Å². The highest BCUT2D eigenvalue weighted by Gasteiger charge is 2.32. The third-order valence-electron chi connectivity index (χ3n) is 4.04. The van der Waals surface area contributed by atoms with Gasteiger partial charge in [-0.05, 0) is 56.5 Å². The van der Waals surface area contributed by atoms with E-state index in [4.69, 9.17) is 4.43 Å². The molecule has 0 aromatic heterocycles. The summed E-state index contributed by atoms with van der Waals surface area (Å²) < 4.78 is 6.22. The Bertz CT molecular complexity index is 492. The highest BCUT2D eigenvalue weighted by molar-refractivity contribution is 6.69. The summed E-state index contributed by atoms with van der Waals surface area (Å²) in [6, 6.07) is 0. The molecule has 1 rings (SSSR count). The molecule has 0 saturated carbocycles. The first-order chi connectivity index (χ1) is 9.40. The molecule has 0 N–H and O–H groups in total. The molecular formula is C18H30O2Si. The van der Waals surface area contributed by atoms with Crippen molar-refractivity contribution in [1.29, 1.82) is 0 Å². The van der Waals surface area contributed by atoms with Gasteiger partial charge in [0.1, 0.15) is 0 Å². The Morgan fingerprint density at radius 1 is 1.33 bits per heavy atom. The van der Waals surface area contributed by atoms with Gasteiger partial charge in [0.05, 0.1) is 5.60 Å². The molecule has 1 aliphatic rings. The minimum Gasteiger partial charge on any atom is -0.406 e. The summed E-state index contributed by atoms with van der Waals surface area (Å²) in [5.41, 5.74) is 1.58. The monoisotopic (exact) mass is 306 g/mol. The predicted molar refractivity (Wildman–Crippen MR) is 92.9 cm³/mol. The van der Waals surface area contributed by atoms with Crippen molar-refractivity contribution >= 4 is 14.1 Å². The number of ketones is 1. The van der Waals surface area contributed by atoms with E-state index in [1.807, 2.05) is 19.9 Å². The van der Waals surface area contributed by atoms with Gasteiger partial charge in [0.15, 0.2) is 14.1 Å². The van der Waals surface area contributed by atoms with Crippen LogP contribution >= 0.6 is 0 Å². The second kappa shape index (κ2) is 6.05. The smallest absolute Gasteiger partial charge is 0.185 e. The van der Waals surface area contributed by atoms with Gasteiger partial charge in [-0.2, -0.15) is 0 Å². The van der Waals surface area contributed by atoms with Crippen molar-refractivity contribution in [1.82, 2.24) is 0 Å². The molecule has 0 bridgehead atoms. The van der Waals surface area contributed by atoms with Crippen LogP contribution in [0.15, 0.2) is 36.0 Å². The van der Waals surface area contributed by atoms with E-state index >= 15 is 0 Å². The van der Waals surface area contributed by atoms with Crippen LogP contribution < -0.4 is 0 Å². The van der Waals surface area contributed by atoms with E-state index in [-0.39, 0.29) is 11.2 Å². The zero-order chi connectivity index (χ0) is 16.5. The maximum atomic E-state index is 12.0. The third kappa shape index (κ3) is 4.79. The number of hydrogen-bond donors (Lipinski definition) is 0. The van der Waals surface area contributed by atoms with E-state index < -0.39 is 13.9 Å². The number of hydrogen-bond acceptors (Lipinski definition) is 2. The molecule has 0 aromatic rings. The van der Waals surface area contributed by atoms with Crippen LogP contribution in [0.1, 0.15) is 40.5 Å². The van der Waals surface area contributed by atoms with Crippen LogP contribution in [0.3, 0.4) is 0 Å². The van der Waals surface area contributed by atoms with Gasteiger partial charge >= 0.3 is 0 Å². The fraction of sp³-hybridized carbons (Fsp3) is 0.611. The maximum absolute atomic E-state index is 12.0. The molecule has 0 saturated heterocycles. The van der Waals surface area contributed by atoms with Crippen molar-refractivity contribution in [3.05, 3.63) is 36.0 Å². The van der Waals surface area contributed by atoms with Crippen LogP contribution in [-0.2, 0) is 9.22 Å². The lowest BCUT2D eigenvalue weighted by Gasteiger charge is -2.34. The SMILES string of the molecule is C=CC(C)(/C=C/C1=C(C)C(=O)CCC1(C)C)O[Si](C)(C)C. The molecule has 1 unspecified atom stereocenters. The van der Waals surface area contributed by atoms with E-state index in [9.17, 15) is 4.79 Å². The summed E-state index contributed by atoms with van der Waals surface area (Å²) in [4.78, 5) is 12.0. The topological polar surface area (TPSA) is 26.3 Å². The molecule has 0 amide bonds. The standard InChI is InChI=1S/C18H30O2Si/c1-9-18(5,20-21(6,7)8)13-10-15-14(2)16(19)11-12-17(15,3)4/h9-10,13H,1,11-12H2,2-8H3/b13-10+. The molecule has 0 radical (unpaired) electrons. The quantitative estimate of drug-likeness (QED) is 0.525. The molecular weight excluding hydrogens is 276 g/mol. The van der Waals surface area contributed by atoms with Crippen molar-refractivity contribution in [2.24, 2.45) is 5.41 Å². The molecule has 0 heterocycles. The second-order valence-electron chi connectivity index (χ2n) is 7.78. The summed E-state index contributed by atoms with van der Waals surface area (Å²) in [7, 11) is -1.67. The molecule has 2 nitrogen and oxygen atoms in total. The van der Waals surface area contributed by atoms with Gasteiger partial charge in [0.25, 0.3) is 0 Å². The lowest BCUT2D eigenvalue weighted by molar-refractivity contribution is -0.116. The first-order valence-corrected chi connectivity index (χ1v) is 11.1. The lowest BCUT2D eigenvalue weighted by Crippen LogP contribution is -2.37. The summed E-state index contributed by atoms with van der Waals surface area (Å²) in [6.45, 7) is 18.8. The van der Waals surface area contributed by atoms with E-state index in [0.29, 0.717) is 6.42 Å². The van der Waals surface area contributed by atoms with Crippen LogP contribution in [0.4, 0.5) is 0 Å². The first kappa shape index (κ1) is 18.1. The Hall–Kier alpha value is -0.933. The van der Waals surface area contributed by atoms with Gasteiger partial charge in [0, 0.05) is 6.42 Å². The highest BCUT2D eigenvalue weighted by atomic mass is 28.4. The minimum absolute atomic E-state index is 0.0374. The van der Waals surface area contributed by atoms with Gasteiger partial charge in [-0.25, -0.2) is 0 Å². The fourth-order valence-electron chi connectivity index (χ4n) is 2.81. The van der Waals surface area contributed by atoms with Crippen LogP contribution in [0.2, 0.25) is 19.6 Å². The zero-order valence-electron chi connectivity index (χ0n) is 14.7. The summed E-state index contributed by atoms with van der Waals surface area (Å²) in [5, 5.41) is 0. The lowest BCUT2D eigenvalue weighted by atomic mass is 9.72. The first-order valence-electron chi connectivity index (χ1n) is 7.68. The largest absolute Gasteiger partial charge is 0.406 e. The normalized spacial score (nSPS) is 22.5. The third-order valence-corrected chi connectivity index (χ3v) is 5.09. The number of allylic oxidation sites excluding steroid dienone is 3. The number of Topliss-reactive ketones (excluding diaryl/α,β-unsaturated/α-hetero) is 1. The Labute approximate surface area is 131 Å². The molecule has 1 aliphatic carbocycles. The van der Waals surface area contributed by atoms with E-state index in [2.05, 4.69) is 52.2 Å². The van der Waals surface area contributed by atoms with Gasteiger partial charge in [-0.15, -0.1) is 0 Å². The second-order valence-corrected chi connectivity index (χ2v) is 12.2. The molecule has 1 atom stereocenters.